The fourth-order valence-electron chi connectivity index (χ4n) is 1.21. The Labute approximate surface area is 87.1 Å². The summed E-state index contributed by atoms with van der Waals surface area (Å²) in [5.74, 6) is -0.904. The van der Waals surface area contributed by atoms with Crippen molar-refractivity contribution in [1.29, 1.82) is 0 Å². The van der Waals surface area contributed by atoms with Gasteiger partial charge in [0.25, 0.3) is 0 Å². The molecule has 0 radical (unpaired) electrons. The molecule has 1 heterocycles. The van der Waals surface area contributed by atoms with Crippen molar-refractivity contribution in [1.82, 2.24) is 9.88 Å². The molecule has 1 atom stereocenters. The third-order valence-corrected chi connectivity index (χ3v) is 2.04. The highest BCUT2D eigenvalue weighted by Gasteiger charge is 2.21. The second-order valence-electron chi connectivity index (χ2n) is 3.12. The predicted octanol–water partition coefficient (Wildman–Crippen LogP) is 1.42. The minimum Gasteiger partial charge on any atom is -0.480 e. The molecule has 0 aliphatic rings. The van der Waals surface area contributed by atoms with Crippen LogP contribution in [-0.4, -0.2) is 35.1 Å². The first-order chi connectivity index (χ1) is 6.52. The van der Waals surface area contributed by atoms with E-state index in [9.17, 15) is 4.79 Å². The molecule has 4 nitrogen and oxygen atoms in total. The molecule has 0 saturated heterocycles. The number of halogens is 1. The fourth-order valence-corrected chi connectivity index (χ4v) is 1.32. The van der Waals surface area contributed by atoms with E-state index < -0.39 is 12.0 Å². The molecule has 1 N–H and O–H groups in total. The van der Waals surface area contributed by atoms with Crippen molar-refractivity contribution in [2.75, 3.05) is 14.1 Å². The van der Waals surface area contributed by atoms with Crippen molar-refractivity contribution in [2.45, 2.75) is 6.04 Å². The first kappa shape index (κ1) is 10.9. The molecule has 0 unspecified atom stereocenters. The Morgan fingerprint density at radius 2 is 2.21 bits per heavy atom. The SMILES string of the molecule is CN(C)[C@@H](C(=O)O)c1ccc(Cl)nc1. The Bertz CT molecular complexity index is 324. The highest BCUT2D eigenvalue weighted by atomic mass is 35.5. The molecule has 0 spiro atoms. The van der Waals surface area contributed by atoms with Crippen LogP contribution >= 0.6 is 11.6 Å². The minimum atomic E-state index is -0.904. The molecule has 0 amide bonds. The van der Waals surface area contributed by atoms with Crippen LogP contribution in [0.25, 0.3) is 0 Å². The van der Waals surface area contributed by atoms with Crippen LogP contribution in [0.5, 0.6) is 0 Å². The van der Waals surface area contributed by atoms with Gasteiger partial charge in [0.1, 0.15) is 11.2 Å². The molecule has 0 aliphatic heterocycles. The topological polar surface area (TPSA) is 53.4 Å². The lowest BCUT2D eigenvalue weighted by Gasteiger charge is -2.19. The maximum Gasteiger partial charge on any atom is 0.325 e. The van der Waals surface area contributed by atoms with Gasteiger partial charge in [-0.05, 0) is 25.7 Å². The van der Waals surface area contributed by atoms with Crippen molar-refractivity contribution >= 4 is 17.6 Å². The number of aliphatic carboxylic acids is 1. The van der Waals surface area contributed by atoms with Gasteiger partial charge < -0.3 is 5.11 Å². The molecule has 0 aliphatic carbocycles. The van der Waals surface area contributed by atoms with Crippen LogP contribution < -0.4 is 0 Å². The zero-order chi connectivity index (χ0) is 10.7. The maximum absolute atomic E-state index is 10.9. The summed E-state index contributed by atoms with van der Waals surface area (Å²) in [6, 6.07) is 2.56. The lowest BCUT2D eigenvalue weighted by Crippen LogP contribution is -2.27. The molecule has 0 aromatic carbocycles. The summed E-state index contributed by atoms with van der Waals surface area (Å²) in [5.41, 5.74) is 0.618. The van der Waals surface area contributed by atoms with E-state index in [1.165, 1.54) is 6.20 Å². The standard InChI is InChI=1S/C9H11ClN2O2/c1-12(2)8(9(13)14)6-3-4-7(10)11-5-6/h3-5,8H,1-2H3,(H,13,14)/t8-/m1/s1. The summed E-state index contributed by atoms with van der Waals surface area (Å²) in [6.45, 7) is 0. The summed E-state index contributed by atoms with van der Waals surface area (Å²) in [6.07, 6.45) is 1.47. The van der Waals surface area contributed by atoms with Gasteiger partial charge in [0.05, 0.1) is 0 Å². The van der Waals surface area contributed by atoms with Gasteiger partial charge in [0.2, 0.25) is 0 Å². The Morgan fingerprint density at radius 3 is 2.57 bits per heavy atom. The lowest BCUT2D eigenvalue weighted by atomic mass is 10.1. The van der Waals surface area contributed by atoms with E-state index >= 15 is 0 Å². The summed E-state index contributed by atoms with van der Waals surface area (Å²) in [4.78, 5) is 16.4. The molecular formula is C9H11ClN2O2. The second kappa shape index (κ2) is 4.39. The third kappa shape index (κ3) is 2.43. The number of likely N-dealkylation sites (N-methyl/N-ethyl adjacent to an activating group) is 1. The molecule has 1 aromatic rings. The number of hydrogen-bond acceptors (Lipinski definition) is 3. The van der Waals surface area contributed by atoms with Crippen LogP contribution in [-0.2, 0) is 4.79 Å². The summed E-state index contributed by atoms with van der Waals surface area (Å²) >= 11 is 5.60. The molecular weight excluding hydrogens is 204 g/mol. The van der Waals surface area contributed by atoms with Gasteiger partial charge in [0.15, 0.2) is 0 Å². The summed E-state index contributed by atoms with van der Waals surface area (Å²) in [7, 11) is 3.40. The zero-order valence-corrected chi connectivity index (χ0v) is 8.69. The largest absolute Gasteiger partial charge is 0.480 e. The van der Waals surface area contributed by atoms with Crippen molar-refractivity contribution in [3.05, 3.63) is 29.0 Å². The zero-order valence-electron chi connectivity index (χ0n) is 7.94. The quantitative estimate of drug-likeness (QED) is 0.774. The van der Waals surface area contributed by atoms with Gasteiger partial charge in [-0.3, -0.25) is 9.69 Å². The van der Waals surface area contributed by atoms with E-state index in [0.717, 1.165) is 0 Å². The number of carboxylic acids is 1. The predicted molar refractivity (Wildman–Crippen MR) is 53.3 cm³/mol. The van der Waals surface area contributed by atoms with Crippen LogP contribution in [0.15, 0.2) is 18.3 Å². The second-order valence-corrected chi connectivity index (χ2v) is 3.51. The number of aromatic nitrogens is 1. The van der Waals surface area contributed by atoms with Gasteiger partial charge in [0, 0.05) is 6.20 Å². The molecule has 14 heavy (non-hydrogen) atoms. The van der Waals surface area contributed by atoms with Gasteiger partial charge >= 0.3 is 5.97 Å². The molecule has 1 rings (SSSR count). The molecule has 76 valence electrons. The first-order valence-corrected chi connectivity index (χ1v) is 4.41. The minimum absolute atomic E-state index is 0.358. The number of carbonyl (C=O) groups is 1. The normalized spacial score (nSPS) is 12.9. The molecule has 0 saturated carbocycles. The fraction of sp³-hybridized carbons (Fsp3) is 0.333. The average molecular weight is 215 g/mol. The highest BCUT2D eigenvalue weighted by Crippen LogP contribution is 2.18. The van der Waals surface area contributed by atoms with Crippen LogP contribution in [0.4, 0.5) is 0 Å². The van der Waals surface area contributed by atoms with Crippen molar-refractivity contribution < 1.29 is 9.90 Å². The molecule has 1 aromatic heterocycles. The van der Waals surface area contributed by atoms with E-state index in [1.54, 1.807) is 31.1 Å². The average Bonchev–Trinajstić information content (AvgIpc) is 2.07. The van der Waals surface area contributed by atoms with Gasteiger partial charge in [-0.2, -0.15) is 0 Å². The van der Waals surface area contributed by atoms with Crippen molar-refractivity contribution in [3.63, 3.8) is 0 Å². The third-order valence-electron chi connectivity index (χ3n) is 1.82. The van der Waals surface area contributed by atoms with Gasteiger partial charge in [-0.1, -0.05) is 17.7 Å². The molecule has 5 heteroatoms. The highest BCUT2D eigenvalue weighted by molar-refractivity contribution is 6.29. The lowest BCUT2D eigenvalue weighted by molar-refractivity contribution is -0.142. The van der Waals surface area contributed by atoms with Crippen LogP contribution in [0.2, 0.25) is 5.15 Å². The van der Waals surface area contributed by atoms with E-state index in [2.05, 4.69) is 4.98 Å². The van der Waals surface area contributed by atoms with Gasteiger partial charge in [-0.25, -0.2) is 4.98 Å². The maximum atomic E-state index is 10.9. The summed E-state index contributed by atoms with van der Waals surface area (Å²) in [5, 5.41) is 9.32. The molecule has 0 fully saturated rings. The van der Waals surface area contributed by atoms with Crippen LogP contribution in [0, 0.1) is 0 Å². The van der Waals surface area contributed by atoms with E-state index in [1.807, 2.05) is 0 Å². The van der Waals surface area contributed by atoms with Crippen molar-refractivity contribution in [3.8, 4) is 0 Å². The number of pyridine rings is 1. The first-order valence-electron chi connectivity index (χ1n) is 4.03. The number of nitrogens with zero attached hydrogens (tertiary/aromatic N) is 2. The molecule has 0 bridgehead atoms. The number of carboxylic acid groups (broad SMARTS) is 1. The Hall–Kier alpha value is -1.13. The summed E-state index contributed by atoms with van der Waals surface area (Å²) < 4.78 is 0. The van der Waals surface area contributed by atoms with Crippen LogP contribution in [0.1, 0.15) is 11.6 Å². The van der Waals surface area contributed by atoms with E-state index in [0.29, 0.717) is 10.7 Å². The van der Waals surface area contributed by atoms with E-state index in [-0.39, 0.29) is 0 Å². The Balaban J connectivity index is 3.00. The smallest absolute Gasteiger partial charge is 0.325 e. The van der Waals surface area contributed by atoms with Gasteiger partial charge in [-0.15, -0.1) is 0 Å². The Kier molecular flexibility index (Phi) is 3.43. The monoisotopic (exact) mass is 214 g/mol. The van der Waals surface area contributed by atoms with Crippen molar-refractivity contribution in [2.24, 2.45) is 0 Å². The Morgan fingerprint density at radius 1 is 1.57 bits per heavy atom. The van der Waals surface area contributed by atoms with E-state index in [4.69, 9.17) is 16.7 Å². The number of hydrogen-bond donors (Lipinski definition) is 1. The number of rotatable bonds is 3. The van der Waals surface area contributed by atoms with Crippen LogP contribution in [0.3, 0.4) is 0 Å².